The summed E-state index contributed by atoms with van der Waals surface area (Å²) in [6.07, 6.45) is 1.47. The summed E-state index contributed by atoms with van der Waals surface area (Å²) in [5.41, 5.74) is 0.754. The van der Waals surface area contributed by atoms with Crippen molar-refractivity contribution in [2.75, 3.05) is 12.4 Å². The van der Waals surface area contributed by atoms with Crippen LogP contribution in [-0.4, -0.2) is 29.1 Å². The summed E-state index contributed by atoms with van der Waals surface area (Å²) >= 11 is 0. The van der Waals surface area contributed by atoms with Crippen molar-refractivity contribution in [3.8, 4) is 0 Å². The quantitative estimate of drug-likeness (QED) is 0.830. The molecule has 0 radical (unpaired) electrons. The molecular weight excluding hydrogens is 260 g/mol. The number of para-hydroxylation sites is 1. The van der Waals surface area contributed by atoms with Gasteiger partial charge in [0.1, 0.15) is 11.4 Å². The number of carboxylic acids is 1. The van der Waals surface area contributed by atoms with E-state index in [0.717, 1.165) is 0 Å². The monoisotopic (exact) mass is 272 g/mol. The molecule has 1 heterocycles. The Morgan fingerprint density at radius 1 is 1.15 bits per heavy atom. The van der Waals surface area contributed by atoms with E-state index in [9.17, 15) is 9.59 Å². The minimum atomic E-state index is -1.10. The van der Waals surface area contributed by atoms with Gasteiger partial charge in [0.05, 0.1) is 18.4 Å². The largest absolute Gasteiger partial charge is 0.478 e. The van der Waals surface area contributed by atoms with Gasteiger partial charge in [-0.3, -0.25) is 0 Å². The molecule has 6 heteroatoms. The molecule has 0 unspecified atom stereocenters. The fourth-order valence-corrected chi connectivity index (χ4v) is 1.69. The number of anilines is 2. The predicted molar refractivity (Wildman–Crippen MR) is 72.3 cm³/mol. The maximum absolute atomic E-state index is 11.6. The number of hydrogen-bond donors (Lipinski definition) is 2. The van der Waals surface area contributed by atoms with Gasteiger partial charge in [-0.1, -0.05) is 12.1 Å². The van der Waals surface area contributed by atoms with Gasteiger partial charge in [0.15, 0.2) is 0 Å². The highest BCUT2D eigenvalue weighted by Crippen LogP contribution is 2.22. The first-order valence-corrected chi connectivity index (χ1v) is 5.76. The number of pyridine rings is 1. The normalized spacial score (nSPS) is 9.85. The van der Waals surface area contributed by atoms with Gasteiger partial charge in [-0.05, 0) is 24.3 Å². The van der Waals surface area contributed by atoms with Crippen molar-refractivity contribution in [3.05, 3.63) is 53.7 Å². The van der Waals surface area contributed by atoms with Crippen molar-refractivity contribution in [2.45, 2.75) is 0 Å². The second-order valence-corrected chi connectivity index (χ2v) is 3.87. The lowest BCUT2D eigenvalue weighted by molar-refractivity contribution is 0.0601. The van der Waals surface area contributed by atoms with E-state index >= 15 is 0 Å². The Morgan fingerprint density at radius 2 is 1.85 bits per heavy atom. The van der Waals surface area contributed by atoms with Crippen molar-refractivity contribution in [2.24, 2.45) is 0 Å². The third-order valence-corrected chi connectivity index (χ3v) is 2.62. The summed E-state index contributed by atoms with van der Waals surface area (Å²) < 4.78 is 4.68. The van der Waals surface area contributed by atoms with Crippen LogP contribution in [0.4, 0.5) is 11.5 Å². The highest BCUT2D eigenvalue weighted by atomic mass is 16.5. The van der Waals surface area contributed by atoms with Crippen LogP contribution in [0.15, 0.2) is 42.6 Å². The van der Waals surface area contributed by atoms with Gasteiger partial charge in [0.2, 0.25) is 0 Å². The van der Waals surface area contributed by atoms with Gasteiger partial charge >= 0.3 is 11.9 Å². The fourth-order valence-electron chi connectivity index (χ4n) is 1.69. The maximum atomic E-state index is 11.6. The van der Waals surface area contributed by atoms with Crippen LogP contribution in [0.2, 0.25) is 0 Å². The molecule has 0 bridgehead atoms. The first kappa shape index (κ1) is 13.5. The molecule has 0 aliphatic rings. The Hall–Kier alpha value is -2.89. The molecule has 0 amide bonds. The molecule has 0 aliphatic carbocycles. The summed E-state index contributed by atoms with van der Waals surface area (Å²) in [6.45, 7) is 0. The van der Waals surface area contributed by atoms with Gasteiger partial charge in [-0.2, -0.15) is 0 Å². The lowest BCUT2D eigenvalue weighted by atomic mass is 10.1. The summed E-state index contributed by atoms with van der Waals surface area (Å²) in [4.78, 5) is 26.7. The van der Waals surface area contributed by atoms with Crippen LogP contribution < -0.4 is 5.32 Å². The molecule has 1 aromatic heterocycles. The Bertz CT molecular complexity index is 655. The highest BCUT2D eigenvalue weighted by molar-refractivity contribution is 5.98. The molecule has 0 saturated carbocycles. The number of aromatic nitrogens is 1. The van der Waals surface area contributed by atoms with Crippen LogP contribution in [0.1, 0.15) is 20.7 Å². The smallest absolute Gasteiger partial charge is 0.339 e. The number of esters is 1. The van der Waals surface area contributed by atoms with Crippen molar-refractivity contribution >= 4 is 23.4 Å². The van der Waals surface area contributed by atoms with E-state index in [1.54, 1.807) is 24.3 Å². The number of carboxylic acid groups (broad SMARTS) is 1. The van der Waals surface area contributed by atoms with E-state index in [0.29, 0.717) is 11.3 Å². The van der Waals surface area contributed by atoms with Crippen LogP contribution in [0.3, 0.4) is 0 Å². The third kappa shape index (κ3) is 2.74. The third-order valence-electron chi connectivity index (χ3n) is 2.62. The number of nitrogens with zero attached hydrogens (tertiary/aromatic N) is 1. The van der Waals surface area contributed by atoms with Gasteiger partial charge in [0, 0.05) is 6.20 Å². The van der Waals surface area contributed by atoms with Gasteiger partial charge < -0.3 is 15.2 Å². The number of nitrogens with one attached hydrogen (secondary N) is 1. The lowest BCUT2D eigenvalue weighted by Crippen LogP contribution is -2.08. The lowest BCUT2D eigenvalue weighted by Gasteiger charge is -2.11. The average Bonchev–Trinajstić information content (AvgIpc) is 2.47. The molecule has 0 aliphatic heterocycles. The molecule has 20 heavy (non-hydrogen) atoms. The van der Waals surface area contributed by atoms with Gasteiger partial charge in [-0.15, -0.1) is 0 Å². The Labute approximate surface area is 115 Å². The molecule has 6 nitrogen and oxygen atoms in total. The Kier molecular flexibility index (Phi) is 3.95. The zero-order valence-electron chi connectivity index (χ0n) is 10.7. The molecule has 0 saturated heterocycles. The highest BCUT2D eigenvalue weighted by Gasteiger charge is 2.15. The van der Waals surface area contributed by atoms with E-state index in [1.807, 2.05) is 0 Å². The van der Waals surface area contributed by atoms with Crippen LogP contribution in [-0.2, 0) is 4.74 Å². The van der Waals surface area contributed by atoms with Crippen molar-refractivity contribution in [1.29, 1.82) is 0 Å². The number of ether oxygens (including phenoxy) is 1. The molecule has 0 spiro atoms. The topological polar surface area (TPSA) is 88.5 Å². The van der Waals surface area contributed by atoms with E-state index in [4.69, 9.17) is 5.11 Å². The standard InChI is InChI=1S/C14H12N2O4/c1-20-14(19)9-5-2-3-7-11(9)16-12-10(13(17)18)6-4-8-15-12/h2-8H,1H3,(H,15,16)(H,17,18). The number of carbonyl (C=O) groups is 2. The summed E-state index contributed by atoms with van der Waals surface area (Å²) in [6, 6.07) is 9.59. The minimum Gasteiger partial charge on any atom is -0.478 e. The summed E-state index contributed by atoms with van der Waals surface area (Å²) in [5.74, 6) is -1.45. The van der Waals surface area contributed by atoms with E-state index in [1.165, 1.54) is 25.4 Å². The van der Waals surface area contributed by atoms with E-state index < -0.39 is 11.9 Å². The van der Waals surface area contributed by atoms with Crippen LogP contribution in [0.25, 0.3) is 0 Å². The predicted octanol–water partition coefficient (Wildman–Crippen LogP) is 2.31. The zero-order chi connectivity index (χ0) is 14.5. The first-order valence-electron chi connectivity index (χ1n) is 5.76. The van der Waals surface area contributed by atoms with Crippen LogP contribution in [0.5, 0.6) is 0 Å². The fraction of sp³-hybridized carbons (Fsp3) is 0.0714. The van der Waals surface area contributed by atoms with Gasteiger partial charge in [0.25, 0.3) is 0 Å². The molecule has 2 aromatic rings. The molecule has 102 valence electrons. The second kappa shape index (κ2) is 5.83. The van der Waals surface area contributed by atoms with E-state index in [-0.39, 0.29) is 11.4 Å². The molecule has 2 N–H and O–H groups in total. The number of benzene rings is 1. The Balaban J connectivity index is 2.41. The number of methoxy groups -OCH3 is 1. The zero-order valence-corrected chi connectivity index (χ0v) is 10.7. The van der Waals surface area contributed by atoms with Gasteiger partial charge in [-0.25, -0.2) is 14.6 Å². The SMILES string of the molecule is COC(=O)c1ccccc1Nc1ncccc1C(=O)O. The van der Waals surface area contributed by atoms with E-state index in [2.05, 4.69) is 15.0 Å². The second-order valence-electron chi connectivity index (χ2n) is 3.87. The van der Waals surface area contributed by atoms with Crippen molar-refractivity contribution in [3.63, 3.8) is 0 Å². The number of hydrogen-bond acceptors (Lipinski definition) is 5. The first-order chi connectivity index (χ1) is 9.63. The number of carbonyl (C=O) groups excluding carboxylic acids is 1. The molecule has 2 rings (SSSR count). The summed E-state index contributed by atoms with van der Waals surface area (Å²) in [5, 5.41) is 11.9. The van der Waals surface area contributed by atoms with Crippen molar-refractivity contribution < 1.29 is 19.4 Å². The Morgan fingerprint density at radius 3 is 2.55 bits per heavy atom. The molecule has 0 atom stereocenters. The minimum absolute atomic E-state index is 0.0205. The van der Waals surface area contributed by atoms with Crippen molar-refractivity contribution in [1.82, 2.24) is 4.98 Å². The number of aromatic carboxylic acids is 1. The average molecular weight is 272 g/mol. The number of rotatable bonds is 4. The van der Waals surface area contributed by atoms with Crippen LogP contribution >= 0.6 is 0 Å². The molecule has 1 aromatic carbocycles. The maximum Gasteiger partial charge on any atom is 0.339 e. The summed E-state index contributed by atoms with van der Waals surface area (Å²) in [7, 11) is 1.28. The van der Waals surface area contributed by atoms with Crippen LogP contribution in [0, 0.1) is 0 Å². The molecule has 0 fully saturated rings. The molecular formula is C14H12N2O4.